The van der Waals surface area contributed by atoms with Crippen LogP contribution >= 0.6 is 46.7 Å². The second kappa shape index (κ2) is 10.3. The summed E-state index contributed by atoms with van der Waals surface area (Å²) in [6.45, 7) is 2.60. The van der Waals surface area contributed by atoms with Gasteiger partial charge in [-0.1, -0.05) is 72.2 Å². The van der Waals surface area contributed by atoms with Crippen LogP contribution in [0.2, 0.25) is 10.0 Å². The Kier molecular flexibility index (Phi) is 7.51. The lowest BCUT2D eigenvalue weighted by Gasteiger charge is -2.14. The summed E-state index contributed by atoms with van der Waals surface area (Å²) in [6.07, 6.45) is 1.47. The van der Waals surface area contributed by atoms with Gasteiger partial charge in [-0.2, -0.15) is 0 Å². The highest BCUT2D eigenvalue weighted by molar-refractivity contribution is 8.00. The largest absolute Gasteiger partial charge is 0.325 e. The SMILES string of the molecule is CC1Cc2nc(SCC(=O)Nc3ccc(Cl)c(Cl)c3)n(CCc3ccccc3)c(=O)c2S1. The first-order chi connectivity index (χ1) is 15.4. The van der Waals surface area contributed by atoms with Crippen LogP contribution in [0.25, 0.3) is 0 Å². The van der Waals surface area contributed by atoms with Crippen molar-refractivity contribution in [1.82, 2.24) is 9.55 Å². The van der Waals surface area contributed by atoms with E-state index >= 15 is 0 Å². The molecule has 1 unspecified atom stereocenters. The van der Waals surface area contributed by atoms with Crippen molar-refractivity contribution in [3.05, 3.63) is 80.2 Å². The molecule has 5 nitrogen and oxygen atoms in total. The number of benzene rings is 2. The molecule has 0 radical (unpaired) electrons. The number of nitrogens with one attached hydrogen (secondary N) is 1. The third-order valence-electron chi connectivity index (χ3n) is 4.97. The Labute approximate surface area is 204 Å². The Morgan fingerprint density at radius 2 is 2.00 bits per heavy atom. The molecule has 4 rings (SSSR count). The number of amides is 1. The maximum atomic E-state index is 13.2. The molecular formula is C23H21Cl2N3O2S2. The highest BCUT2D eigenvalue weighted by atomic mass is 35.5. The lowest BCUT2D eigenvalue weighted by molar-refractivity contribution is -0.113. The van der Waals surface area contributed by atoms with Gasteiger partial charge in [0.15, 0.2) is 5.16 Å². The Morgan fingerprint density at radius 1 is 1.22 bits per heavy atom. The number of thioether (sulfide) groups is 2. The topological polar surface area (TPSA) is 64.0 Å². The molecule has 0 aliphatic carbocycles. The Balaban J connectivity index is 1.51. The Bertz CT molecular complexity index is 1200. The Morgan fingerprint density at radius 3 is 2.75 bits per heavy atom. The molecular weight excluding hydrogens is 485 g/mol. The van der Waals surface area contributed by atoms with Crippen LogP contribution in [0.15, 0.2) is 63.4 Å². The van der Waals surface area contributed by atoms with Crippen molar-refractivity contribution in [1.29, 1.82) is 0 Å². The van der Waals surface area contributed by atoms with Crippen molar-refractivity contribution in [2.45, 2.75) is 41.6 Å². The van der Waals surface area contributed by atoms with E-state index in [1.54, 1.807) is 34.5 Å². The minimum Gasteiger partial charge on any atom is -0.325 e. The molecule has 166 valence electrons. The van der Waals surface area contributed by atoms with Crippen LogP contribution in [0.3, 0.4) is 0 Å². The van der Waals surface area contributed by atoms with Crippen molar-refractivity contribution in [3.63, 3.8) is 0 Å². The molecule has 1 atom stereocenters. The number of aromatic nitrogens is 2. The van der Waals surface area contributed by atoms with Crippen molar-refractivity contribution < 1.29 is 4.79 Å². The molecule has 1 aromatic heterocycles. The van der Waals surface area contributed by atoms with E-state index in [-0.39, 0.29) is 17.2 Å². The summed E-state index contributed by atoms with van der Waals surface area (Å²) in [7, 11) is 0. The molecule has 0 fully saturated rings. The standard InChI is InChI=1S/C23H21Cl2N3O2S2/c1-14-11-19-21(32-14)22(30)28(10-9-15-5-3-2-4-6-15)23(27-19)31-13-20(29)26-16-7-8-17(24)18(25)12-16/h2-8,12,14H,9-11,13H2,1H3,(H,26,29). The van der Waals surface area contributed by atoms with Crippen LogP contribution < -0.4 is 10.9 Å². The second-order valence-corrected chi connectivity index (χ2v) is 10.7. The molecule has 0 saturated carbocycles. The zero-order valence-electron chi connectivity index (χ0n) is 17.3. The quantitative estimate of drug-likeness (QED) is 0.336. The van der Waals surface area contributed by atoms with Crippen LogP contribution in [0.1, 0.15) is 18.2 Å². The molecule has 1 aliphatic heterocycles. The fourth-order valence-electron chi connectivity index (χ4n) is 3.43. The first kappa shape index (κ1) is 23.2. The molecule has 1 aliphatic rings. The number of anilines is 1. The number of fused-ring (bicyclic) bond motifs is 1. The van der Waals surface area contributed by atoms with Gasteiger partial charge in [-0.15, -0.1) is 11.8 Å². The summed E-state index contributed by atoms with van der Waals surface area (Å²) in [4.78, 5) is 31.2. The normalized spacial score (nSPS) is 14.9. The average Bonchev–Trinajstić information content (AvgIpc) is 3.15. The van der Waals surface area contributed by atoms with Gasteiger partial charge in [0.1, 0.15) is 0 Å². The van der Waals surface area contributed by atoms with Gasteiger partial charge < -0.3 is 5.32 Å². The smallest absolute Gasteiger partial charge is 0.268 e. The minimum atomic E-state index is -0.208. The fourth-order valence-corrected chi connectivity index (χ4v) is 5.68. The molecule has 2 heterocycles. The molecule has 2 aromatic carbocycles. The summed E-state index contributed by atoms with van der Waals surface area (Å²) in [6, 6.07) is 15.0. The first-order valence-electron chi connectivity index (χ1n) is 10.1. The second-order valence-electron chi connectivity index (χ2n) is 7.46. The number of rotatable bonds is 7. The number of carbonyl (C=O) groups excluding carboxylic acids is 1. The highest BCUT2D eigenvalue weighted by Gasteiger charge is 2.26. The summed E-state index contributed by atoms with van der Waals surface area (Å²) in [5.41, 5.74) is 2.52. The molecule has 32 heavy (non-hydrogen) atoms. The number of halogens is 2. The van der Waals surface area contributed by atoms with Gasteiger partial charge in [0.25, 0.3) is 5.56 Å². The third-order valence-corrected chi connectivity index (χ3v) is 7.90. The van der Waals surface area contributed by atoms with E-state index < -0.39 is 0 Å². The summed E-state index contributed by atoms with van der Waals surface area (Å²) in [5, 5.41) is 4.51. The molecule has 1 amide bonds. The van der Waals surface area contributed by atoms with Crippen LogP contribution in [0, 0.1) is 0 Å². The highest BCUT2D eigenvalue weighted by Crippen LogP contribution is 2.34. The number of nitrogens with zero attached hydrogens (tertiary/aromatic N) is 2. The summed E-state index contributed by atoms with van der Waals surface area (Å²) >= 11 is 14.8. The average molecular weight is 506 g/mol. The molecule has 0 spiro atoms. The minimum absolute atomic E-state index is 0.0207. The van der Waals surface area contributed by atoms with Crippen LogP contribution in [0.5, 0.6) is 0 Å². The van der Waals surface area contributed by atoms with Crippen molar-refractivity contribution in [2.24, 2.45) is 0 Å². The number of hydrogen-bond acceptors (Lipinski definition) is 5. The number of hydrogen-bond donors (Lipinski definition) is 1. The number of aryl methyl sites for hydroxylation is 1. The van der Waals surface area contributed by atoms with Gasteiger partial charge in [0.2, 0.25) is 5.91 Å². The third kappa shape index (κ3) is 5.52. The van der Waals surface area contributed by atoms with Crippen molar-refractivity contribution >= 4 is 58.3 Å². The van der Waals surface area contributed by atoms with Crippen molar-refractivity contribution in [3.8, 4) is 0 Å². The summed E-state index contributed by atoms with van der Waals surface area (Å²) in [5.74, 6) is -0.0834. The van der Waals surface area contributed by atoms with Gasteiger partial charge in [0, 0.05) is 23.9 Å². The fraction of sp³-hybridized carbons (Fsp3) is 0.261. The van der Waals surface area contributed by atoms with Crippen LogP contribution in [0.4, 0.5) is 5.69 Å². The van der Waals surface area contributed by atoms with E-state index in [1.807, 2.05) is 30.3 Å². The van der Waals surface area contributed by atoms with E-state index in [0.29, 0.717) is 39.1 Å². The van der Waals surface area contributed by atoms with E-state index in [2.05, 4.69) is 12.2 Å². The van der Waals surface area contributed by atoms with E-state index in [1.165, 1.54) is 11.8 Å². The van der Waals surface area contributed by atoms with Crippen LogP contribution in [-0.2, 0) is 24.2 Å². The van der Waals surface area contributed by atoms with E-state index in [9.17, 15) is 9.59 Å². The zero-order chi connectivity index (χ0) is 22.7. The van der Waals surface area contributed by atoms with Gasteiger partial charge in [-0.3, -0.25) is 14.2 Å². The van der Waals surface area contributed by atoms with Gasteiger partial charge in [-0.25, -0.2) is 4.98 Å². The predicted molar refractivity (Wildman–Crippen MR) is 133 cm³/mol. The molecule has 3 aromatic rings. The van der Waals surface area contributed by atoms with Gasteiger partial charge in [-0.05, 0) is 30.2 Å². The maximum absolute atomic E-state index is 13.2. The summed E-state index contributed by atoms with van der Waals surface area (Å²) < 4.78 is 1.70. The van der Waals surface area contributed by atoms with Crippen molar-refractivity contribution in [2.75, 3.05) is 11.1 Å². The maximum Gasteiger partial charge on any atom is 0.268 e. The number of carbonyl (C=O) groups is 1. The Hall–Kier alpha value is -1.93. The lowest BCUT2D eigenvalue weighted by Crippen LogP contribution is -2.27. The van der Waals surface area contributed by atoms with E-state index in [0.717, 1.165) is 22.6 Å². The zero-order valence-corrected chi connectivity index (χ0v) is 20.5. The molecule has 9 heteroatoms. The lowest BCUT2D eigenvalue weighted by atomic mass is 10.1. The van der Waals surface area contributed by atoms with E-state index in [4.69, 9.17) is 28.2 Å². The molecule has 0 saturated heterocycles. The molecule has 0 bridgehead atoms. The van der Waals surface area contributed by atoms with Gasteiger partial charge in [0.05, 0.1) is 26.4 Å². The molecule has 1 N–H and O–H groups in total. The van der Waals surface area contributed by atoms with Crippen LogP contribution in [-0.4, -0.2) is 26.5 Å². The first-order valence-corrected chi connectivity index (χ1v) is 12.7. The monoisotopic (exact) mass is 505 g/mol. The van der Waals surface area contributed by atoms with Gasteiger partial charge >= 0.3 is 0 Å². The predicted octanol–water partition coefficient (Wildman–Crippen LogP) is 5.56.